The molecule has 0 bridgehead atoms. The fourth-order valence-corrected chi connectivity index (χ4v) is 3.18. The summed E-state index contributed by atoms with van der Waals surface area (Å²) in [6.07, 6.45) is 3.82. The molecule has 0 aromatic heterocycles. The molecule has 1 saturated heterocycles. The van der Waals surface area contributed by atoms with E-state index in [9.17, 15) is 9.18 Å². The third-order valence-electron chi connectivity index (χ3n) is 3.83. The molecule has 2 rings (SSSR count). The maximum atomic E-state index is 13.4. The Kier molecular flexibility index (Phi) is 6.18. The number of nitrogens with zero attached hydrogens (tertiary/aromatic N) is 1. The largest absolute Gasteiger partial charge is 0.466 e. The Morgan fingerprint density at radius 2 is 2.10 bits per heavy atom. The van der Waals surface area contributed by atoms with Crippen LogP contribution in [0.3, 0.4) is 0 Å². The minimum atomic E-state index is -0.285. The van der Waals surface area contributed by atoms with E-state index in [0.29, 0.717) is 17.5 Å². The highest BCUT2D eigenvalue weighted by Gasteiger charge is 2.25. The minimum absolute atomic E-state index is 0.0405. The molecule has 0 spiro atoms. The van der Waals surface area contributed by atoms with Gasteiger partial charge in [0, 0.05) is 6.04 Å². The van der Waals surface area contributed by atoms with Crippen LogP contribution in [0.15, 0.2) is 22.7 Å². The van der Waals surface area contributed by atoms with Crippen LogP contribution in [-0.2, 0) is 9.53 Å². The SMILES string of the molecule is CCOC(=O)CC(c1ccc(F)c(Br)c1)N1CCCCC1. The van der Waals surface area contributed by atoms with Gasteiger partial charge in [0.2, 0.25) is 0 Å². The lowest BCUT2D eigenvalue weighted by atomic mass is 9.99. The summed E-state index contributed by atoms with van der Waals surface area (Å²) in [7, 11) is 0. The molecule has 1 aliphatic rings. The van der Waals surface area contributed by atoms with E-state index in [-0.39, 0.29) is 17.8 Å². The molecule has 1 unspecified atom stereocenters. The van der Waals surface area contributed by atoms with Gasteiger partial charge in [0.1, 0.15) is 5.82 Å². The fraction of sp³-hybridized carbons (Fsp3) is 0.562. The molecule has 0 radical (unpaired) electrons. The van der Waals surface area contributed by atoms with Gasteiger partial charge in [-0.15, -0.1) is 0 Å². The highest BCUT2D eigenvalue weighted by Crippen LogP contribution is 2.30. The number of esters is 1. The Morgan fingerprint density at radius 3 is 2.71 bits per heavy atom. The molecule has 1 heterocycles. The first-order valence-electron chi connectivity index (χ1n) is 7.46. The molecule has 1 atom stereocenters. The summed E-state index contributed by atoms with van der Waals surface area (Å²) in [5.74, 6) is -0.485. The van der Waals surface area contributed by atoms with E-state index in [4.69, 9.17) is 4.74 Å². The van der Waals surface area contributed by atoms with Gasteiger partial charge >= 0.3 is 5.97 Å². The number of hydrogen-bond acceptors (Lipinski definition) is 3. The molecule has 0 saturated carbocycles. The van der Waals surface area contributed by atoms with Crippen LogP contribution in [-0.4, -0.2) is 30.6 Å². The lowest BCUT2D eigenvalue weighted by Gasteiger charge is -2.34. The first-order valence-corrected chi connectivity index (χ1v) is 8.25. The van der Waals surface area contributed by atoms with Gasteiger partial charge in [-0.3, -0.25) is 9.69 Å². The summed E-state index contributed by atoms with van der Waals surface area (Å²) in [6, 6.07) is 4.94. The Labute approximate surface area is 133 Å². The molecule has 0 N–H and O–H groups in total. The van der Waals surface area contributed by atoms with Crippen LogP contribution in [0.25, 0.3) is 0 Å². The van der Waals surface area contributed by atoms with E-state index in [1.54, 1.807) is 12.1 Å². The lowest BCUT2D eigenvalue weighted by Crippen LogP contribution is -2.35. The third kappa shape index (κ3) is 4.51. The van der Waals surface area contributed by atoms with Crippen LogP contribution in [0.5, 0.6) is 0 Å². The van der Waals surface area contributed by atoms with Crippen molar-refractivity contribution in [2.24, 2.45) is 0 Å². The molecular weight excluding hydrogens is 337 g/mol. The van der Waals surface area contributed by atoms with Crippen molar-refractivity contribution >= 4 is 21.9 Å². The normalized spacial score (nSPS) is 17.5. The summed E-state index contributed by atoms with van der Waals surface area (Å²) in [5.41, 5.74) is 0.957. The van der Waals surface area contributed by atoms with E-state index >= 15 is 0 Å². The van der Waals surface area contributed by atoms with Gasteiger partial charge in [0.15, 0.2) is 0 Å². The second kappa shape index (κ2) is 7.90. The summed E-state index contributed by atoms with van der Waals surface area (Å²) >= 11 is 3.23. The van der Waals surface area contributed by atoms with Crippen molar-refractivity contribution in [2.75, 3.05) is 19.7 Å². The zero-order chi connectivity index (χ0) is 15.2. The minimum Gasteiger partial charge on any atom is -0.466 e. The van der Waals surface area contributed by atoms with E-state index in [1.165, 1.54) is 12.5 Å². The topological polar surface area (TPSA) is 29.5 Å². The molecule has 1 aromatic rings. The van der Waals surface area contributed by atoms with Crippen LogP contribution in [0.1, 0.15) is 44.2 Å². The van der Waals surface area contributed by atoms with Crippen molar-refractivity contribution in [3.05, 3.63) is 34.1 Å². The van der Waals surface area contributed by atoms with Gasteiger partial charge in [0.25, 0.3) is 0 Å². The average Bonchev–Trinajstić information content (AvgIpc) is 2.49. The monoisotopic (exact) mass is 357 g/mol. The number of carbonyl (C=O) groups excluding carboxylic acids is 1. The molecule has 0 amide bonds. The number of carbonyl (C=O) groups is 1. The Morgan fingerprint density at radius 1 is 1.38 bits per heavy atom. The van der Waals surface area contributed by atoms with E-state index in [1.807, 2.05) is 6.92 Å². The number of rotatable bonds is 5. The molecular formula is C16H21BrFNO2. The van der Waals surface area contributed by atoms with E-state index in [0.717, 1.165) is 31.5 Å². The summed E-state index contributed by atoms with van der Waals surface area (Å²) < 4.78 is 19.0. The van der Waals surface area contributed by atoms with Crippen LogP contribution in [0.2, 0.25) is 0 Å². The van der Waals surface area contributed by atoms with Gasteiger partial charge in [0.05, 0.1) is 17.5 Å². The first-order chi connectivity index (χ1) is 10.1. The van der Waals surface area contributed by atoms with Crippen molar-refractivity contribution in [1.29, 1.82) is 0 Å². The number of ether oxygens (including phenoxy) is 1. The second-order valence-corrected chi connectivity index (χ2v) is 6.15. The summed E-state index contributed by atoms with van der Waals surface area (Å²) in [5, 5.41) is 0. The van der Waals surface area contributed by atoms with Crippen LogP contribution < -0.4 is 0 Å². The van der Waals surface area contributed by atoms with Crippen LogP contribution >= 0.6 is 15.9 Å². The average molecular weight is 358 g/mol. The fourth-order valence-electron chi connectivity index (χ4n) is 2.79. The number of halogens is 2. The zero-order valence-electron chi connectivity index (χ0n) is 12.3. The Bertz CT molecular complexity index is 489. The van der Waals surface area contributed by atoms with Gasteiger partial charge < -0.3 is 4.74 Å². The van der Waals surface area contributed by atoms with Crippen LogP contribution in [0.4, 0.5) is 4.39 Å². The van der Waals surface area contributed by atoms with Crippen molar-refractivity contribution in [3.63, 3.8) is 0 Å². The number of benzene rings is 1. The Hall–Kier alpha value is -0.940. The molecule has 1 aliphatic heterocycles. The van der Waals surface area contributed by atoms with Crippen molar-refractivity contribution in [2.45, 2.75) is 38.6 Å². The highest BCUT2D eigenvalue weighted by molar-refractivity contribution is 9.10. The standard InChI is InChI=1S/C16H21BrFNO2/c1-2-21-16(20)11-15(19-8-4-3-5-9-19)12-6-7-14(18)13(17)10-12/h6-7,10,15H,2-5,8-9,11H2,1H3. The maximum Gasteiger partial charge on any atom is 0.307 e. The third-order valence-corrected chi connectivity index (χ3v) is 4.43. The quantitative estimate of drug-likeness (QED) is 0.744. The van der Waals surface area contributed by atoms with Gasteiger partial charge in [-0.2, -0.15) is 0 Å². The van der Waals surface area contributed by atoms with Gasteiger partial charge in [-0.05, 0) is 66.5 Å². The van der Waals surface area contributed by atoms with Crippen molar-refractivity contribution in [1.82, 2.24) is 4.90 Å². The summed E-state index contributed by atoms with van der Waals surface area (Å²) in [4.78, 5) is 14.2. The zero-order valence-corrected chi connectivity index (χ0v) is 13.9. The molecule has 5 heteroatoms. The Balaban J connectivity index is 2.20. The van der Waals surface area contributed by atoms with E-state index in [2.05, 4.69) is 20.8 Å². The molecule has 1 fully saturated rings. The van der Waals surface area contributed by atoms with E-state index < -0.39 is 0 Å². The predicted octanol–water partition coefficient (Wildman–Crippen LogP) is 4.07. The summed E-state index contributed by atoms with van der Waals surface area (Å²) in [6.45, 7) is 4.14. The van der Waals surface area contributed by atoms with Crippen molar-refractivity contribution < 1.29 is 13.9 Å². The highest BCUT2D eigenvalue weighted by atomic mass is 79.9. The molecule has 21 heavy (non-hydrogen) atoms. The molecule has 3 nitrogen and oxygen atoms in total. The second-order valence-electron chi connectivity index (χ2n) is 5.30. The molecule has 116 valence electrons. The first kappa shape index (κ1) is 16.4. The predicted molar refractivity (Wildman–Crippen MR) is 83.5 cm³/mol. The number of hydrogen-bond donors (Lipinski definition) is 0. The number of likely N-dealkylation sites (tertiary alicyclic amines) is 1. The smallest absolute Gasteiger partial charge is 0.307 e. The van der Waals surface area contributed by atoms with Crippen LogP contribution in [0, 0.1) is 5.82 Å². The lowest BCUT2D eigenvalue weighted by molar-refractivity contribution is -0.144. The molecule has 0 aliphatic carbocycles. The maximum absolute atomic E-state index is 13.4. The van der Waals surface area contributed by atoms with Gasteiger partial charge in [-0.25, -0.2) is 4.39 Å². The van der Waals surface area contributed by atoms with Crippen molar-refractivity contribution in [3.8, 4) is 0 Å². The number of piperidine rings is 1. The van der Waals surface area contributed by atoms with Gasteiger partial charge in [-0.1, -0.05) is 12.5 Å². The molecule has 1 aromatic carbocycles.